The first-order valence-corrected chi connectivity index (χ1v) is 6.24. The summed E-state index contributed by atoms with van der Waals surface area (Å²) in [6.45, 7) is 0. The first-order chi connectivity index (χ1) is 6.86. The van der Waals surface area contributed by atoms with E-state index in [1.807, 2.05) is 0 Å². The minimum absolute atomic E-state index is 0.713. The lowest BCUT2D eigenvalue weighted by atomic mass is 9.78. The van der Waals surface area contributed by atoms with Crippen LogP contribution in [0.3, 0.4) is 0 Å². The van der Waals surface area contributed by atoms with E-state index in [0.29, 0.717) is 5.41 Å². The molecule has 5 aliphatic rings. The van der Waals surface area contributed by atoms with Gasteiger partial charge in [-0.25, -0.2) is 0 Å². The Balaban J connectivity index is 1.72. The van der Waals surface area contributed by atoms with Crippen molar-refractivity contribution in [1.82, 2.24) is 0 Å². The van der Waals surface area contributed by atoms with Gasteiger partial charge in [0, 0.05) is 0 Å². The fraction of sp³-hybridized carbons (Fsp3) is 0.714. The molecule has 0 aromatic heterocycles. The van der Waals surface area contributed by atoms with Crippen molar-refractivity contribution in [2.45, 2.75) is 25.7 Å². The molecule has 3 fully saturated rings. The molecule has 3 saturated carbocycles. The Labute approximate surface area is 85.1 Å². The Morgan fingerprint density at radius 2 is 1.64 bits per heavy atom. The van der Waals surface area contributed by atoms with Gasteiger partial charge in [-0.2, -0.15) is 0 Å². The maximum atomic E-state index is 2.59. The second-order valence-corrected chi connectivity index (χ2v) is 6.37. The van der Waals surface area contributed by atoms with Crippen molar-refractivity contribution >= 4 is 0 Å². The van der Waals surface area contributed by atoms with Crippen molar-refractivity contribution in [2.24, 2.45) is 34.5 Å². The lowest BCUT2D eigenvalue weighted by molar-refractivity contribution is 0.277. The van der Waals surface area contributed by atoms with Crippen LogP contribution >= 0.6 is 0 Å². The fourth-order valence-electron chi connectivity index (χ4n) is 5.15. The highest BCUT2D eigenvalue weighted by Crippen LogP contribution is 2.79. The summed E-state index contributed by atoms with van der Waals surface area (Å²) in [6.07, 6.45) is 16.4. The van der Waals surface area contributed by atoms with Crippen LogP contribution in [0.15, 0.2) is 24.3 Å². The molecule has 2 bridgehead atoms. The van der Waals surface area contributed by atoms with Crippen LogP contribution in [0.2, 0.25) is 0 Å². The third kappa shape index (κ3) is 0.495. The lowest BCUT2D eigenvalue weighted by Crippen LogP contribution is -2.21. The Kier molecular flexibility index (Phi) is 0.815. The molecule has 14 heavy (non-hydrogen) atoms. The molecule has 5 rings (SSSR count). The van der Waals surface area contributed by atoms with Crippen LogP contribution in [0.5, 0.6) is 0 Å². The Morgan fingerprint density at radius 1 is 0.857 bits per heavy atom. The zero-order valence-corrected chi connectivity index (χ0v) is 8.45. The molecule has 2 spiro atoms. The SMILES string of the molecule is C1=CC2(CC2)[C@@H]2[C@H]1[C@H]1C=C[C@H]2C12CC2. The molecule has 0 radical (unpaired) electrons. The summed E-state index contributed by atoms with van der Waals surface area (Å²) in [6, 6.07) is 0. The molecule has 0 saturated heterocycles. The van der Waals surface area contributed by atoms with Crippen molar-refractivity contribution in [3.63, 3.8) is 0 Å². The monoisotopic (exact) mass is 184 g/mol. The van der Waals surface area contributed by atoms with Gasteiger partial charge in [0.15, 0.2) is 0 Å². The number of hydrogen-bond donors (Lipinski definition) is 0. The number of fused-ring (bicyclic) bond motifs is 4. The molecule has 5 aliphatic carbocycles. The Hall–Kier alpha value is -0.520. The van der Waals surface area contributed by atoms with Gasteiger partial charge >= 0.3 is 0 Å². The molecule has 72 valence electrons. The second kappa shape index (κ2) is 1.66. The predicted molar refractivity (Wildman–Crippen MR) is 55.6 cm³/mol. The molecule has 0 aromatic carbocycles. The standard InChI is InChI=1S/C14H16/c1-2-11-12-9(3-4-13(12)5-6-13)10(1)14(11)7-8-14/h1-4,9-12H,5-8H2/t9-,10-,11-,12-/m1/s1. The van der Waals surface area contributed by atoms with E-state index in [1.54, 1.807) is 0 Å². The summed E-state index contributed by atoms with van der Waals surface area (Å²) in [4.78, 5) is 0. The maximum Gasteiger partial charge on any atom is -0.00776 e. The van der Waals surface area contributed by atoms with Crippen molar-refractivity contribution < 1.29 is 0 Å². The summed E-state index contributed by atoms with van der Waals surface area (Å²) in [5, 5.41) is 0. The average Bonchev–Trinajstić information content (AvgIpc) is 3.02. The zero-order chi connectivity index (χ0) is 8.97. The highest BCUT2D eigenvalue weighted by Gasteiger charge is 2.72. The third-order valence-corrected chi connectivity index (χ3v) is 6.04. The third-order valence-electron chi connectivity index (χ3n) is 6.04. The lowest BCUT2D eigenvalue weighted by Gasteiger charge is -2.26. The van der Waals surface area contributed by atoms with Crippen LogP contribution in [-0.2, 0) is 0 Å². The number of rotatable bonds is 0. The smallest absolute Gasteiger partial charge is 0.00776 e. The first kappa shape index (κ1) is 6.87. The van der Waals surface area contributed by atoms with Crippen LogP contribution in [0.4, 0.5) is 0 Å². The molecule has 0 nitrogen and oxygen atoms in total. The molecular formula is C14H16. The van der Waals surface area contributed by atoms with Gasteiger partial charge in [-0.3, -0.25) is 0 Å². The molecule has 0 aromatic rings. The van der Waals surface area contributed by atoms with E-state index in [0.717, 1.165) is 29.1 Å². The maximum absolute atomic E-state index is 2.59. The van der Waals surface area contributed by atoms with Gasteiger partial charge in [-0.1, -0.05) is 24.3 Å². The first-order valence-electron chi connectivity index (χ1n) is 6.24. The Bertz CT molecular complexity index is 379. The summed E-state index contributed by atoms with van der Waals surface area (Å²) >= 11 is 0. The topological polar surface area (TPSA) is 0 Å². The highest BCUT2D eigenvalue weighted by molar-refractivity contribution is 5.38. The average molecular weight is 184 g/mol. The van der Waals surface area contributed by atoms with Crippen molar-refractivity contribution in [2.75, 3.05) is 0 Å². The molecule has 4 atom stereocenters. The van der Waals surface area contributed by atoms with Crippen LogP contribution in [0, 0.1) is 34.5 Å². The van der Waals surface area contributed by atoms with Crippen LogP contribution in [0.1, 0.15) is 25.7 Å². The van der Waals surface area contributed by atoms with E-state index >= 15 is 0 Å². The van der Waals surface area contributed by atoms with E-state index < -0.39 is 0 Å². The molecule has 0 aliphatic heterocycles. The molecule has 0 heterocycles. The van der Waals surface area contributed by atoms with E-state index in [1.165, 1.54) is 25.7 Å². The molecule has 0 amide bonds. The van der Waals surface area contributed by atoms with Crippen LogP contribution < -0.4 is 0 Å². The van der Waals surface area contributed by atoms with Crippen molar-refractivity contribution in [3.8, 4) is 0 Å². The van der Waals surface area contributed by atoms with E-state index in [4.69, 9.17) is 0 Å². The van der Waals surface area contributed by atoms with Crippen molar-refractivity contribution in [3.05, 3.63) is 24.3 Å². The highest BCUT2D eigenvalue weighted by atomic mass is 14.8. The molecular weight excluding hydrogens is 168 g/mol. The van der Waals surface area contributed by atoms with Crippen LogP contribution in [-0.4, -0.2) is 0 Å². The van der Waals surface area contributed by atoms with E-state index in [2.05, 4.69) is 24.3 Å². The zero-order valence-electron chi connectivity index (χ0n) is 8.45. The summed E-state index contributed by atoms with van der Waals surface area (Å²) in [7, 11) is 0. The summed E-state index contributed by atoms with van der Waals surface area (Å²) in [5.41, 5.74) is 1.51. The van der Waals surface area contributed by atoms with Gasteiger partial charge < -0.3 is 0 Å². The minimum Gasteiger partial charge on any atom is -0.0842 e. The molecule has 0 unspecified atom stereocenters. The quantitative estimate of drug-likeness (QED) is 0.507. The van der Waals surface area contributed by atoms with Gasteiger partial charge in [0.25, 0.3) is 0 Å². The molecule has 0 N–H and O–H groups in total. The second-order valence-electron chi connectivity index (χ2n) is 6.37. The number of hydrogen-bond acceptors (Lipinski definition) is 0. The van der Waals surface area contributed by atoms with E-state index in [9.17, 15) is 0 Å². The fourth-order valence-corrected chi connectivity index (χ4v) is 5.15. The minimum atomic E-state index is 0.713. The normalized spacial score (nSPS) is 56.0. The van der Waals surface area contributed by atoms with Gasteiger partial charge in [0.05, 0.1) is 0 Å². The predicted octanol–water partition coefficient (Wildman–Crippen LogP) is 3.16. The van der Waals surface area contributed by atoms with Crippen LogP contribution in [0.25, 0.3) is 0 Å². The van der Waals surface area contributed by atoms with Gasteiger partial charge in [-0.15, -0.1) is 0 Å². The van der Waals surface area contributed by atoms with Gasteiger partial charge in [0.1, 0.15) is 0 Å². The largest absolute Gasteiger partial charge is 0.0842 e. The van der Waals surface area contributed by atoms with Gasteiger partial charge in [-0.05, 0) is 60.2 Å². The summed E-state index contributed by atoms with van der Waals surface area (Å²) in [5.74, 6) is 3.93. The molecule has 0 heteroatoms. The summed E-state index contributed by atoms with van der Waals surface area (Å²) < 4.78 is 0. The number of allylic oxidation sites excluding steroid dienone is 4. The van der Waals surface area contributed by atoms with E-state index in [-0.39, 0.29) is 0 Å². The van der Waals surface area contributed by atoms with Crippen molar-refractivity contribution in [1.29, 1.82) is 0 Å². The Morgan fingerprint density at radius 3 is 2.36 bits per heavy atom. The van der Waals surface area contributed by atoms with Gasteiger partial charge in [0.2, 0.25) is 0 Å².